The molecule has 2 amide bonds. The average molecular weight is 300 g/mol. The highest BCUT2D eigenvalue weighted by Crippen LogP contribution is 2.40. The van der Waals surface area contributed by atoms with Gasteiger partial charge in [0.1, 0.15) is 0 Å². The number of benzene rings is 1. The first kappa shape index (κ1) is 15.1. The SMILES string of the molecule is CC1CCCN(C(=O)C2CC2C(=O)NCc2ccccc2)C1. The van der Waals surface area contributed by atoms with Gasteiger partial charge in [0.05, 0.1) is 11.8 Å². The van der Waals surface area contributed by atoms with Crippen molar-refractivity contribution < 1.29 is 9.59 Å². The van der Waals surface area contributed by atoms with Crippen LogP contribution in [-0.4, -0.2) is 29.8 Å². The number of amides is 2. The summed E-state index contributed by atoms with van der Waals surface area (Å²) in [6.07, 6.45) is 3.00. The lowest BCUT2D eigenvalue weighted by molar-refractivity contribution is -0.136. The molecule has 1 aliphatic carbocycles. The van der Waals surface area contributed by atoms with Gasteiger partial charge in [-0.15, -0.1) is 0 Å². The molecule has 0 aromatic heterocycles. The van der Waals surface area contributed by atoms with Gasteiger partial charge in [-0.1, -0.05) is 37.3 Å². The van der Waals surface area contributed by atoms with Crippen LogP contribution in [0.4, 0.5) is 0 Å². The Morgan fingerprint density at radius 3 is 2.73 bits per heavy atom. The summed E-state index contributed by atoms with van der Waals surface area (Å²) in [5.74, 6) is 0.593. The van der Waals surface area contributed by atoms with Crippen LogP contribution in [0.3, 0.4) is 0 Å². The molecule has 4 nitrogen and oxygen atoms in total. The van der Waals surface area contributed by atoms with Crippen LogP contribution in [0.2, 0.25) is 0 Å². The Morgan fingerprint density at radius 1 is 1.23 bits per heavy atom. The topological polar surface area (TPSA) is 49.4 Å². The first-order valence-corrected chi connectivity index (χ1v) is 8.25. The molecule has 1 saturated heterocycles. The Hall–Kier alpha value is -1.84. The Labute approximate surface area is 131 Å². The third-order valence-electron chi connectivity index (χ3n) is 4.72. The number of piperidine rings is 1. The van der Waals surface area contributed by atoms with Crippen molar-refractivity contribution in [2.45, 2.75) is 32.7 Å². The zero-order chi connectivity index (χ0) is 15.5. The van der Waals surface area contributed by atoms with Crippen molar-refractivity contribution in [2.24, 2.45) is 17.8 Å². The van der Waals surface area contributed by atoms with Gasteiger partial charge < -0.3 is 10.2 Å². The Balaban J connectivity index is 1.47. The van der Waals surface area contributed by atoms with Crippen molar-refractivity contribution in [3.63, 3.8) is 0 Å². The lowest BCUT2D eigenvalue weighted by Gasteiger charge is -2.31. The summed E-state index contributed by atoms with van der Waals surface area (Å²) in [6, 6.07) is 9.86. The number of rotatable bonds is 4. The van der Waals surface area contributed by atoms with E-state index in [9.17, 15) is 9.59 Å². The Bertz CT molecular complexity index is 543. The minimum Gasteiger partial charge on any atom is -0.352 e. The van der Waals surface area contributed by atoms with Crippen molar-refractivity contribution in [1.29, 1.82) is 0 Å². The molecule has 1 aliphatic heterocycles. The van der Waals surface area contributed by atoms with Crippen molar-refractivity contribution >= 4 is 11.8 Å². The molecule has 1 N–H and O–H groups in total. The molecule has 4 heteroatoms. The largest absolute Gasteiger partial charge is 0.352 e. The number of nitrogens with zero attached hydrogens (tertiary/aromatic N) is 1. The van der Waals surface area contributed by atoms with Gasteiger partial charge in [-0.25, -0.2) is 0 Å². The summed E-state index contributed by atoms with van der Waals surface area (Å²) in [5, 5.41) is 2.95. The second-order valence-electron chi connectivity index (χ2n) is 6.68. The molecule has 3 atom stereocenters. The summed E-state index contributed by atoms with van der Waals surface area (Å²) >= 11 is 0. The summed E-state index contributed by atoms with van der Waals surface area (Å²) in [7, 11) is 0. The number of hydrogen-bond donors (Lipinski definition) is 1. The standard InChI is InChI=1S/C18H24N2O2/c1-13-6-5-9-20(12-13)18(22)16-10-15(16)17(21)19-11-14-7-3-2-4-8-14/h2-4,7-8,13,15-16H,5-6,9-12H2,1H3,(H,19,21). The minimum absolute atomic E-state index is 0.0206. The molecule has 0 spiro atoms. The van der Waals surface area contributed by atoms with Gasteiger partial charge in [-0.3, -0.25) is 9.59 Å². The van der Waals surface area contributed by atoms with Gasteiger partial charge in [0, 0.05) is 19.6 Å². The second-order valence-corrected chi connectivity index (χ2v) is 6.68. The molecule has 2 fully saturated rings. The molecule has 2 aliphatic rings. The van der Waals surface area contributed by atoms with E-state index in [4.69, 9.17) is 0 Å². The molecular formula is C18H24N2O2. The third kappa shape index (κ3) is 3.49. The maximum atomic E-state index is 12.4. The van der Waals surface area contributed by atoms with Crippen LogP contribution in [0, 0.1) is 17.8 Å². The van der Waals surface area contributed by atoms with E-state index in [0.29, 0.717) is 18.9 Å². The van der Waals surface area contributed by atoms with Crippen LogP contribution in [0.15, 0.2) is 30.3 Å². The van der Waals surface area contributed by atoms with Crippen LogP contribution < -0.4 is 5.32 Å². The van der Waals surface area contributed by atoms with E-state index < -0.39 is 0 Å². The average Bonchev–Trinajstić information content (AvgIpc) is 3.33. The number of nitrogens with one attached hydrogen (secondary N) is 1. The summed E-state index contributed by atoms with van der Waals surface area (Å²) < 4.78 is 0. The van der Waals surface area contributed by atoms with Gasteiger partial charge in [0.2, 0.25) is 11.8 Å². The fourth-order valence-electron chi connectivity index (χ4n) is 3.30. The van der Waals surface area contributed by atoms with Gasteiger partial charge in [-0.05, 0) is 30.7 Å². The van der Waals surface area contributed by atoms with E-state index in [1.54, 1.807) is 0 Å². The minimum atomic E-state index is -0.117. The molecule has 3 unspecified atom stereocenters. The highest BCUT2D eigenvalue weighted by atomic mass is 16.2. The Kier molecular flexibility index (Phi) is 4.46. The highest BCUT2D eigenvalue weighted by molar-refractivity contribution is 5.92. The van der Waals surface area contributed by atoms with Crippen LogP contribution in [0.5, 0.6) is 0 Å². The number of likely N-dealkylation sites (tertiary alicyclic amines) is 1. The summed E-state index contributed by atoms with van der Waals surface area (Å²) in [4.78, 5) is 26.6. The fraction of sp³-hybridized carbons (Fsp3) is 0.556. The number of hydrogen-bond acceptors (Lipinski definition) is 2. The first-order valence-electron chi connectivity index (χ1n) is 8.25. The summed E-state index contributed by atoms with van der Waals surface area (Å²) in [5.41, 5.74) is 1.09. The molecule has 118 valence electrons. The quantitative estimate of drug-likeness (QED) is 0.926. The van der Waals surface area contributed by atoms with E-state index in [0.717, 1.165) is 25.1 Å². The lowest BCUT2D eigenvalue weighted by atomic mass is 10.00. The summed E-state index contributed by atoms with van der Waals surface area (Å²) in [6.45, 7) is 4.44. The predicted octanol–water partition coefficient (Wildman–Crippen LogP) is 2.20. The molecule has 1 heterocycles. The molecular weight excluding hydrogens is 276 g/mol. The maximum absolute atomic E-state index is 12.4. The van der Waals surface area contributed by atoms with Gasteiger partial charge in [0.15, 0.2) is 0 Å². The number of carbonyl (C=O) groups excluding carboxylic acids is 2. The van der Waals surface area contributed by atoms with Crippen LogP contribution in [0.25, 0.3) is 0 Å². The number of carbonyl (C=O) groups is 2. The van der Waals surface area contributed by atoms with Crippen molar-refractivity contribution in [1.82, 2.24) is 10.2 Å². The zero-order valence-electron chi connectivity index (χ0n) is 13.1. The molecule has 1 saturated carbocycles. The monoisotopic (exact) mass is 300 g/mol. The zero-order valence-corrected chi connectivity index (χ0v) is 13.1. The smallest absolute Gasteiger partial charge is 0.226 e. The maximum Gasteiger partial charge on any atom is 0.226 e. The van der Waals surface area contributed by atoms with E-state index in [1.165, 1.54) is 6.42 Å². The van der Waals surface area contributed by atoms with E-state index >= 15 is 0 Å². The van der Waals surface area contributed by atoms with Crippen molar-refractivity contribution in [2.75, 3.05) is 13.1 Å². The van der Waals surface area contributed by atoms with E-state index in [-0.39, 0.29) is 23.7 Å². The van der Waals surface area contributed by atoms with Crippen molar-refractivity contribution in [3.8, 4) is 0 Å². The molecule has 3 rings (SSSR count). The van der Waals surface area contributed by atoms with E-state index in [1.807, 2.05) is 35.2 Å². The molecule has 1 aromatic carbocycles. The fourth-order valence-corrected chi connectivity index (χ4v) is 3.30. The van der Waals surface area contributed by atoms with Crippen molar-refractivity contribution in [3.05, 3.63) is 35.9 Å². The Morgan fingerprint density at radius 2 is 2.00 bits per heavy atom. The van der Waals surface area contributed by atoms with Crippen LogP contribution >= 0.6 is 0 Å². The van der Waals surface area contributed by atoms with Gasteiger partial charge in [0.25, 0.3) is 0 Å². The molecule has 0 radical (unpaired) electrons. The molecule has 22 heavy (non-hydrogen) atoms. The third-order valence-corrected chi connectivity index (χ3v) is 4.72. The predicted molar refractivity (Wildman–Crippen MR) is 84.9 cm³/mol. The second kappa shape index (κ2) is 6.51. The first-order chi connectivity index (χ1) is 10.6. The van der Waals surface area contributed by atoms with Crippen LogP contribution in [-0.2, 0) is 16.1 Å². The molecule has 0 bridgehead atoms. The highest BCUT2D eigenvalue weighted by Gasteiger charge is 2.49. The van der Waals surface area contributed by atoms with Crippen LogP contribution in [0.1, 0.15) is 31.7 Å². The molecule has 1 aromatic rings. The lowest BCUT2D eigenvalue weighted by Crippen LogP contribution is -2.40. The normalized spacial score (nSPS) is 27.3. The van der Waals surface area contributed by atoms with Gasteiger partial charge >= 0.3 is 0 Å². The van der Waals surface area contributed by atoms with E-state index in [2.05, 4.69) is 12.2 Å². The van der Waals surface area contributed by atoms with Gasteiger partial charge in [-0.2, -0.15) is 0 Å².